The Morgan fingerprint density at radius 2 is 0.913 bits per heavy atom. The third kappa shape index (κ3) is 18.2. The Bertz CT molecular complexity index is 957. The molecule has 262 valence electrons. The molecule has 0 aliphatic heterocycles. The van der Waals surface area contributed by atoms with Gasteiger partial charge in [-0.2, -0.15) is 0 Å². The summed E-state index contributed by atoms with van der Waals surface area (Å²) >= 11 is 0. The van der Waals surface area contributed by atoms with E-state index in [2.05, 4.69) is 91.5 Å². The van der Waals surface area contributed by atoms with Gasteiger partial charge in [-0.05, 0) is 49.6 Å². The van der Waals surface area contributed by atoms with Crippen LogP contribution in [0.25, 0.3) is 0 Å². The lowest BCUT2D eigenvalue weighted by Crippen LogP contribution is -2.24. The van der Waals surface area contributed by atoms with Crippen LogP contribution in [-0.4, -0.2) is 26.7 Å². The first kappa shape index (κ1) is 40.0. The average molecular weight is 634 g/mol. The Balaban J connectivity index is 2.00. The maximum absolute atomic E-state index is 3.74. The SMILES string of the molecule is CCCCCCCCCCCCN(C)c1ccccc1N(CCCCCCCCCC)c1cccc(NCCCCCCCC)c1. The lowest BCUT2D eigenvalue weighted by Gasteiger charge is -2.31. The molecule has 0 spiro atoms. The molecule has 0 fully saturated rings. The molecule has 0 radical (unpaired) electrons. The van der Waals surface area contributed by atoms with Crippen molar-refractivity contribution in [3.8, 4) is 0 Å². The molecule has 0 amide bonds. The second-order valence-corrected chi connectivity index (χ2v) is 14.0. The van der Waals surface area contributed by atoms with Gasteiger partial charge in [-0.1, -0.05) is 174 Å². The van der Waals surface area contributed by atoms with Crippen molar-refractivity contribution in [2.75, 3.05) is 41.8 Å². The fourth-order valence-corrected chi connectivity index (χ4v) is 6.69. The summed E-state index contributed by atoms with van der Waals surface area (Å²) < 4.78 is 0. The molecule has 2 aromatic carbocycles. The molecule has 0 bridgehead atoms. The highest BCUT2D eigenvalue weighted by atomic mass is 15.2. The van der Waals surface area contributed by atoms with E-state index in [1.807, 2.05) is 0 Å². The summed E-state index contributed by atoms with van der Waals surface area (Å²) in [5, 5.41) is 3.74. The van der Waals surface area contributed by atoms with Gasteiger partial charge in [0.25, 0.3) is 0 Å². The van der Waals surface area contributed by atoms with Crippen molar-refractivity contribution in [3.05, 3.63) is 48.5 Å². The van der Waals surface area contributed by atoms with Crippen LogP contribution in [0.2, 0.25) is 0 Å². The molecular weight excluding hydrogens is 558 g/mol. The molecule has 3 nitrogen and oxygen atoms in total. The van der Waals surface area contributed by atoms with Gasteiger partial charge in [0.05, 0.1) is 11.4 Å². The monoisotopic (exact) mass is 634 g/mol. The van der Waals surface area contributed by atoms with Crippen molar-refractivity contribution < 1.29 is 0 Å². The van der Waals surface area contributed by atoms with Crippen LogP contribution in [0.3, 0.4) is 0 Å². The molecule has 0 aliphatic carbocycles. The van der Waals surface area contributed by atoms with Gasteiger partial charge >= 0.3 is 0 Å². The molecule has 0 heterocycles. The summed E-state index contributed by atoms with van der Waals surface area (Å²) in [6, 6.07) is 18.3. The third-order valence-electron chi connectivity index (χ3n) is 9.68. The summed E-state index contributed by atoms with van der Waals surface area (Å²) in [6.07, 6.45) is 32.7. The highest BCUT2D eigenvalue weighted by Crippen LogP contribution is 2.35. The Hall–Kier alpha value is -2.16. The third-order valence-corrected chi connectivity index (χ3v) is 9.68. The van der Waals surface area contributed by atoms with E-state index in [0.29, 0.717) is 0 Å². The topological polar surface area (TPSA) is 18.5 Å². The molecule has 0 atom stereocenters. The molecule has 1 N–H and O–H groups in total. The van der Waals surface area contributed by atoms with Crippen molar-refractivity contribution in [2.45, 2.75) is 175 Å². The molecule has 0 saturated carbocycles. The zero-order valence-electron chi connectivity index (χ0n) is 31.1. The second kappa shape index (κ2) is 27.9. The van der Waals surface area contributed by atoms with Crippen LogP contribution in [0.1, 0.15) is 175 Å². The Labute approximate surface area is 287 Å². The minimum absolute atomic E-state index is 1.06. The van der Waals surface area contributed by atoms with Gasteiger partial charge in [0.1, 0.15) is 0 Å². The van der Waals surface area contributed by atoms with E-state index in [0.717, 1.165) is 19.6 Å². The van der Waals surface area contributed by atoms with Gasteiger partial charge < -0.3 is 15.1 Å². The lowest BCUT2D eigenvalue weighted by atomic mass is 10.1. The van der Waals surface area contributed by atoms with Gasteiger partial charge in [0.2, 0.25) is 0 Å². The van der Waals surface area contributed by atoms with Gasteiger partial charge in [-0.3, -0.25) is 0 Å². The van der Waals surface area contributed by atoms with Crippen LogP contribution < -0.4 is 15.1 Å². The van der Waals surface area contributed by atoms with E-state index in [1.54, 1.807) is 0 Å². The standard InChI is InChI=1S/C43H75N3/c1-5-8-11-14-17-19-20-21-24-29-37-45(4)42-34-26-27-35-43(42)46(38-30-25-22-18-15-12-9-6-2)41-33-31-32-40(39-41)44-36-28-23-16-13-10-7-3/h26-27,31-35,39,44H,5-25,28-30,36-38H2,1-4H3. The number of unbranched alkanes of at least 4 members (excludes halogenated alkanes) is 21. The molecular formula is C43H75N3. The van der Waals surface area contributed by atoms with E-state index in [-0.39, 0.29) is 0 Å². The highest BCUT2D eigenvalue weighted by Gasteiger charge is 2.16. The summed E-state index contributed by atoms with van der Waals surface area (Å²) in [5.74, 6) is 0. The number of hydrogen-bond donors (Lipinski definition) is 1. The summed E-state index contributed by atoms with van der Waals surface area (Å²) in [6.45, 7) is 10.2. The second-order valence-electron chi connectivity index (χ2n) is 14.0. The van der Waals surface area contributed by atoms with E-state index < -0.39 is 0 Å². The number of nitrogens with one attached hydrogen (secondary N) is 1. The van der Waals surface area contributed by atoms with Crippen LogP contribution in [-0.2, 0) is 0 Å². The number of rotatable bonds is 31. The van der Waals surface area contributed by atoms with Crippen molar-refractivity contribution in [2.24, 2.45) is 0 Å². The van der Waals surface area contributed by atoms with Crippen LogP contribution in [0.5, 0.6) is 0 Å². The molecule has 3 heteroatoms. The largest absolute Gasteiger partial charge is 0.385 e. The van der Waals surface area contributed by atoms with E-state index in [9.17, 15) is 0 Å². The minimum atomic E-state index is 1.06. The fraction of sp³-hybridized carbons (Fsp3) is 0.721. The fourth-order valence-electron chi connectivity index (χ4n) is 6.69. The van der Waals surface area contributed by atoms with Crippen LogP contribution >= 0.6 is 0 Å². The van der Waals surface area contributed by atoms with E-state index >= 15 is 0 Å². The zero-order chi connectivity index (χ0) is 32.9. The van der Waals surface area contributed by atoms with Crippen molar-refractivity contribution in [1.29, 1.82) is 0 Å². The van der Waals surface area contributed by atoms with E-state index in [4.69, 9.17) is 0 Å². The maximum atomic E-state index is 3.74. The molecule has 2 rings (SSSR count). The smallest absolute Gasteiger partial charge is 0.0648 e. The molecule has 46 heavy (non-hydrogen) atoms. The molecule has 0 aliphatic rings. The summed E-state index contributed by atoms with van der Waals surface area (Å²) in [5.41, 5.74) is 5.29. The molecule has 0 saturated heterocycles. The Kier molecular flexibility index (Phi) is 24.3. The average Bonchev–Trinajstić information content (AvgIpc) is 3.08. The van der Waals surface area contributed by atoms with Gasteiger partial charge in [0, 0.05) is 38.1 Å². The summed E-state index contributed by atoms with van der Waals surface area (Å²) in [7, 11) is 2.31. The number of benzene rings is 2. The van der Waals surface area contributed by atoms with Crippen molar-refractivity contribution >= 4 is 22.7 Å². The molecule has 0 unspecified atom stereocenters. The number of hydrogen-bond acceptors (Lipinski definition) is 3. The quantitative estimate of drug-likeness (QED) is 0.0833. The van der Waals surface area contributed by atoms with Gasteiger partial charge in [0.15, 0.2) is 0 Å². The lowest BCUT2D eigenvalue weighted by molar-refractivity contribution is 0.556. The first-order valence-electron chi connectivity index (χ1n) is 20.1. The normalized spacial score (nSPS) is 11.2. The van der Waals surface area contributed by atoms with Crippen LogP contribution in [0, 0.1) is 0 Å². The molecule has 0 aromatic heterocycles. The highest BCUT2D eigenvalue weighted by molar-refractivity contribution is 5.78. The molecule has 2 aromatic rings. The predicted octanol–water partition coefficient (Wildman–Crippen LogP) is 14.1. The summed E-state index contributed by atoms with van der Waals surface area (Å²) in [4.78, 5) is 5.12. The van der Waals surface area contributed by atoms with Crippen LogP contribution in [0.15, 0.2) is 48.5 Å². The predicted molar refractivity (Wildman–Crippen MR) is 209 cm³/mol. The van der Waals surface area contributed by atoms with Gasteiger partial charge in [-0.25, -0.2) is 0 Å². The first-order valence-corrected chi connectivity index (χ1v) is 20.1. The number of anilines is 4. The van der Waals surface area contributed by atoms with Crippen molar-refractivity contribution in [3.63, 3.8) is 0 Å². The minimum Gasteiger partial charge on any atom is -0.385 e. The van der Waals surface area contributed by atoms with E-state index in [1.165, 1.54) is 177 Å². The number of para-hydroxylation sites is 2. The maximum Gasteiger partial charge on any atom is 0.0648 e. The van der Waals surface area contributed by atoms with Gasteiger partial charge in [-0.15, -0.1) is 0 Å². The van der Waals surface area contributed by atoms with Crippen molar-refractivity contribution in [1.82, 2.24) is 0 Å². The Morgan fingerprint density at radius 3 is 1.46 bits per heavy atom. The Morgan fingerprint density at radius 1 is 0.457 bits per heavy atom. The van der Waals surface area contributed by atoms with Crippen LogP contribution in [0.4, 0.5) is 22.7 Å². The number of nitrogens with zero attached hydrogens (tertiary/aromatic N) is 2. The first-order chi connectivity index (χ1) is 22.7. The zero-order valence-corrected chi connectivity index (χ0v) is 31.1.